The Balaban J connectivity index is 1.89. The van der Waals surface area contributed by atoms with E-state index in [1.807, 2.05) is 11.8 Å². The molecule has 0 aliphatic carbocycles. The third kappa shape index (κ3) is 5.58. The largest absolute Gasteiger partial charge is 0.389 e. The van der Waals surface area contributed by atoms with E-state index in [0.717, 1.165) is 23.3 Å². The smallest absolute Gasteiger partial charge is 0.215 e. The van der Waals surface area contributed by atoms with E-state index in [-0.39, 0.29) is 5.75 Å². The minimum atomic E-state index is -3.29. The van der Waals surface area contributed by atoms with E-state index in [9.17, 15) is 8.42 Å². The molecule has 0 bridgehead atoms. The Morgan fingerprint density at radius 3 is 2.62 bits per heavy atom. The van der Waals surface area contributed by atoms with Crippen molar-refractivity contribution in [2.75, 3.05) is 12.3 Å². The number of sulfonamides is 1. The van der Waals surface area contributed by atoms with Gasteiger partial charge in [0.05, 0.1) is 5.75 Å². The summed E-state index contributed by atoms with van der Waals surface area (Å²) in [6.07, 6.45) is 3.53. The van der Waals surface area contributed by atoms with Crippen molar-refractivity contribution in [3.63, 3.8) is 0 Å². The van der Waals surface area contributed by atoms with Crippen LogP contribution in [0.3, 0.4) is 0 Å². The number of nitrogens with one attached hydrogen (secondary N) is 1. The van der Waals surface area contributed by atoms with Gasteiger partial charge in [-0.15, -0.1) is 0 Å². The number of thiocarbonyl (C=S) groups is 1. The van der Waals surface area contributed by atoms with Crippen LogP contribution < -0.4 is 10.5 Å². The molecule has 2 rings (SSSR count). The molecule has 1 aliphatic rings. The van der Waals surface area contributed by atoms with Gasteiger partial charge in [0.25, 0.3) is 0 Å². The lowest BCUT2D eigenvalue weighted by Gasteiger charge is -2.21. The summed E-state index contributed by atoms with van der Waals surface area (Å²) in [6.45, 7) is 0.526. The number of thioether (sulfide) groups is 1. The molecule has 4 nitrogen and oxygen atoms in total. The SMILES string of the molecule is NC(=S)c1ccc(CS(=O)(=O)NCC2CCCCS2)cc1. The maximum Gasteiger partial charge on any atom is 0.215 e. The number of hydrogen-bond acceptors (Lipinski definition) is 4. The first-order chi connectivity index (χ1) is 9.96. The van der Waals surface area contributed by atoms with E-state index >= 15 is 0 Å². The van der Waals surface area contributed by atoms with Gasteiger partial charge in [-0.25, -0.2) is 13.1 Å². The maximum atomic E-state index is 12.1. The summed E-state index contributed by atoms with van der Waals surface area (Å²) in [5.41, 5.74) is 7.00. The molecule has 1 fully saturated rings. The molecule has 0 radical (unpaired) electrons. The van der Waals surface area contributed by atoms with E-state index in [0.29, 0.717) is 16.8 Å². The van der Waals surface area contributed by atoms with Crippen LogP contribution in [0.15, 0.2) is 24.3 Å². The van der Waals surface area contributed by atoms with Crippen molar-refractivity contribution in [2.45, 2.75) is 30.3 Å². The number of benzene rings is 1. The molecule has 1 heterocycles. The summed E-state index contributed by atoms with van der Waals surface area (Å²) < 4.78 is 26.9. The molecule has 1 unspecified atom stereocenters. The molecule has 116 valence electrons. The van der Waals surface area contributed by atoms with Gasteiger partial charge in [0.1, 0.15) is 4.99 Å². The predicted molar refractivity (Wildman–Crippen MR) is 93.1 cm³/mol. The highest BCUT2D eigenvalue weighted by Gasteiger charge is 2.18. The Kier molecular flexibility index (Phi) is 6.04. The first-order valence-electron chi connectivity index (χ1n) is 6.94. The summed E-state index contributed by atoms with van der Waals surface area (Å²) in [7, 11) is -3.29. The van der Waals surface area contributed by atoms with Gasteiger partial charge >= 0.3 is 0 Å². The highest BCUT2D eigenvalue weighted by atomic mass is 32.2. The van der Waals surface area contributed by atoms with Crippen LogP contribution in [0.25, 0.3) is 0 Å². The van der Waals surface area contributed by atoms with Crippen LogP contribution in [0.2, 0.25) is 0 Å². The van der Waals surface area contributed by atoms with Gasteiger partial charge in [0.15, 0.2) is 0 Å². The van der Waals surface area contributed by atoms with Gasteiger partial charge in [-0.2, -0.15) is 11.8 Å². The topological polar surface area (TPSA) is 72.2 Å². The average Bonchev–Trinajstić information content (AvgIpc) is 2.46. The van der Waals surface area contributed by atoms with Crippen molar-refractivity contribution in [2.24, 2.45) is 5.73 Å². The lowest BCUT2D eigenvalue weighted by molar-refractivity contribution is 0.573. The van der Waals surface area contributed by atoms with E-state index in [4.69, 9.17) is 18.0 Å². The molecule has 0 amide bonds. The van der Waals surface area contributed by atoms with Crippen molar-refractivity contribution in [1.29, 1.82) is 0 Å². The van der Waals surface area contributed by atoms with E-state index in [2.05, 4.69) is 4.72 Å². The quantitative estimate of drug-likeness (QED) is 0.773. The summed E-state index contributed by atoms with van der Waals surface area (Å²) in [4.78, 5) is 0.317. The van der Waals surface area contributed by atoms with Crippen LogP contribution in [-0.2, 0) is 15.8 Å². The molecule has 0 aromatic heterocycles. The molecular formula is C14H20N2O2S3. The molecule has 0 spiro atoms. The van der Waals surface area contributed by atoms with Crippen LogP contribution in [0.1, 0.15) is 30.4 Å². The molecule has 1 aliphatic heterocycles. The molecule has 21 heavy (non-hydrogen) atoms. The normalized spacial score (nSPS) is 19.3. The zero-order valence-corrected chi connectivity index (χ0v) is 14.2. The van der Waals surface area contributed by atoms with E-state index in [1.54, 1.807) is 24.3 Å². The molecule has 1 atom stereocenters. The highest BCUT2D eigenvalue weighted by Crippen LogP contribution is 2.24. The zero-order valence-electron chi connectivity index (χ0n) is 11.7. The lowest BCUT2D eigenvalue weighted by atomic mass is 10.1. The van der Waals surface area contributed by atoms with Gasteiger partial charge in [-0.3, -0.25) is 0 Å². The molecule has 7 heteroatoms. The highest BCUT2D eigenvalue weighted by molar-refractivity contribution is 8.00. The number of hydrogen-bond donors (Lipinski definition) is 2. The second-order valence-corrected chi connectivity index (χ2v) is 8.81. The Morgan fingerprint density at radius 2 is 2.05 bits per heavy atom. The summed E-state index contributed by atoms with van der Waals surface area (Å²) in [6, 6.07) is 7.01. The summed E-state index contributed by atoms with van der Waals surface area (Å²) >= 11 is 6.73. The predicted octanol–water partition coefficient (Wildman–Crippen LogP) is 2.03. The monoisotopic (exact) mass is 344 g/mol. The van der Waals surface area contributed by atoms with E-state index < -0.39 is 10.0 Å². The van der Waals surface area contributed by atoms with Gasteiger partial charge < -0.3 is 5.73 Å². The molecular weight excluding hydrogens is 324 g/mol. The van der Waals surface area contributed by atoms with Gasteiger partial charge in [0, 0.05) is 17.4 Å². The third-order valence-electron chi connectivity index (χ3n) is 3.40. The lowest BCUT2D eigenvalue weighted by Crippen LogP contribution is -2.32. The third-order valence-corrected chi connectivity index (χ3v) is 6.35. The van der Waals surface area contributed by atoms with Gasteiger partial charge in [-0.1, -0.05) is 42.9 Å². The average molecular weight is 345 g/mol. The van der Waals surface area contributed by atoms with Crippen LogP contribution >= 0.6 is 24.0 Å². The van der Waals surface area contributed by atoms with Crippen molar-refractivity contribution >= 4 is 39.0 Å². The first-order valence-corrected chi connectivity index (χ1v) is 10.0. The Morgan fingerprint density at radius 1 is 1.33 bits per heavy atom. The second-order valence-electron chi connectivity index (χ2n) is 5.16. The van der Waals surface area contributed by atoms with Gasteiger partial charge in [-0.05, 0) is 24.2 Å². The van der Waals surface area contributed by atoms with Crippen molar-refractivity contribution in [3.05, 3.63) is 35.4 Å². The molecule has 3 N–H and O–H groups in total. The fourth-order valence-corrected chi connectivity index (χ4v) is 4.89. The Hall–Kier alpha value is -0.630. The summed E-state index contributed by atoms with van der Waals surface area (Å²) in [5, 5.41) is 0.408. The molecule has 1 aromatic rings. The van der Waals surface area contributed by atoms with E-state index in [1.165, 1.54) is 12.8 Å². The number of rotatable bonds is 6. The molecule has 1 aromatic carbocycles. The van der Waals surface area contributed by atoms with Crippen LogP contribution in [0.4, 0.5) is 0 Å². The van der Waals surface area contributed by atoms with Crippen LogP contribution in [0.5, 0.6) is 0 Å². The minimum Gasteiger partial charge on any atom is -0.389 e. The maximum absolute atomic E-state index is 12.1. The van der Waals surface area contributed by atoms with Crippen LogP contribution in [-0.4, -0.2) is 31.0 Å². The zero-order chi connectivity index (χ0) is 15.3. The fraction of sp³-hybridized carbons (Fsp3) is 0.500. The number of nitrogens with two attached hydrogens (primary N) is 1. The fourth-order valence-electron chi connectivity index (χ4n) is 2.22. The Bertz CT molecular complexity index is 579. The van der Waals surface area contributed by atoms with Crippen molar-refractivity contribution < 1.29 is 8.42 Å². The minimum absolute atomic E-state index is 0.0119. The first kappa shape index (κ1) is 16.7. The second kappa shape index (κ2) is 7.58. The Labute approximate surface area is 135 Å². The summed E-state index contributed by atoms with van der Waals surface area (Å²) in [5.74, 6) is 1.12. The molecule has 0 saturated carbocycles. The van der Waals surface area contributed by atoms with Crippen molar-refractivity contribution in [3.8, 4) is 0 Å². The molecule has 1 saturated heterocycles. The standard InChI is InChI=1S/C14H20N2O2S3/c15-14(19)12-6-4-11(5-7-12)10-21(17,18)16-9-13-3-1-2-8-20-13/h4-7,13,16H,1-3,8-10H2,(H2,15,19). The van der Waals surface area contributed by atoms with Crippen LogP contribution in [0, 0.1) is 0 Å². The van der Waals surface area contributed by atoms with Gasteiger partial charge in [0.2, 0.25) is 10.0 Å². The van der Waals surface area contributed by atoms with Crippen molar-refractivity contribution in [1.82, 2.24) is 4.72 Å².